The number of hydrogen-bond acceptors (Lipinski definition) is 3. The SMILES string of the molecule is CCC(C)N1CCN(S(C)(=O)=O)[C@H](CC)C1. The van der Waals surface area contributed by atoms with E-state index in [0.29, 0.717) is 12.6 Å². The Morgan fingerprint density at radius 1 is 1.31 bits per heavy atom. The fourth-order valence-electron chi connectivity index (χ4n) is 2.29. The van der Waals surface area contributed by atoms with Crippen LogP contribution in [0.1, 0.15) is 33.6 Å². The van der Waals surface area contributed by atoms with Crippen LogP contribution in [0, 0.1) is 0 Å². The molecule has 1 fully saturated rings. The molecular weight excluding hydrogens is 224 g/mol. The Balaban J connectivity index is 2.71. The quantitative estimate of drug-likeness (QED) is 0.749. The van der Waals surface area contributed by atoms with Crippen LogP contribution in [0.3, 0.4) is 0 Å². The number of rotatable bonds is 4. The van der Waals surface area contributed by atoms with Crippen molar-refractivity contribution >= 4 is 10.0 Å². The number of sulfonamides is 1. The Morgan fingerprint density at radius 3 is 2.38 bits per heavy atom. The summed E-state index contributed by atoms with van der Waals surface area (Å²) >= 11 is 0. The Labute approximate surface area is 99.7 Å². The van der Waals surface area contributed by atoms with Gasteiger partial charge in [0.05, 0.1) is 6.26 Å². The molecule has 96 valence electrons. The van der Waals surface area contributed by atoms with E-state index in [4.69, 9.17) is 0 Å². The maximum Gasteiger partial charge on any atom is 0.211 e. The van der Waals surface area contributed by atoms with E-state index in [1.807, 2.05) is 0 Å². The summed E-state index contributed by atoms with van der Waals surface area (Å²) in [6, 6.07) is 0.702. The molecule has 0 N–H and O–H groups in total. The van der Waals surface area contributed by atoms with Crippen LogP contribution in [0.5, 0.6) is 0 Å². The van der Waals surface area contributed by atoms with E-state index in [-0.39, 0.29) is 6.04 Å². The molecule has 0 spiro atoms. The lowest BCUT2D eigenvalue weighted by Gasteiger charge is -2.42. The summed E-state index contributed by atoms with van der Waals surface area (Å²) in [4.78, 5) is 2.40. The predicted molar refractivity (Wildman–Crippen MR) is 67.0 cm³/mol. The van der Waals surface area contributed by atoms with E-state index in [1.165, 1.54) is 6.26 Å². The summed E-state index contributed by atoms with van der Waals surface area (Å²) in [5, 5.41) is 0. The van der Waals surface area contributed by atoms with Gasteiger partial charge in [-0.05, 0) is 19.8 Å². The van der Waals surface area contributed by atoms with Crippen molar-refractivity contribution in [1.82, 2.24) is 9.21 Å². The first-order valence-corrected chi connectivity index (χ1v) is 7.95. The molecule has 1 unspecified atom stereocenters. The van der Waals surface area contributed by atoms with Gasteiger partial charge in [0.1, 0.15) is 0 Å². The third-order valence-corrected chi connectivity index (χ3v) is 4.90. The molecule has 1 aliphatic rings. The van der Waals surface area contributed by atoms with Gasteiger partial charge in [0.15, 0.2) is 0 Å². The summed E-state index contributed by atoms with van der Waals surface area (Å²) in [5.41, 5.74) is 0. The minimum atomic E-state index is -3.04. The van der Waals surface area contributed by atoms with E-state index in [9.17, 15) is 8.42 Å². The highest BCUT2D eigenvalue weighted by Gasteiger charge is 2.32. The van der Waals surface area contributed by atoms with Crippen molar-refractivity contribution in [3.05, 3.63) is 0 Å². The van der Waals surface area contributed by atoms with E-state index in [2.05, 4.69) is 25.7 Å². The van der Waals surface area contributed by atoms with Crippen LogP contribution in [0.2, 0.25) is 0 Å². The molecule has 0 bridgehead atoms. The zero-order valence-corrected chi connectivity index (χ0v) is 11.6. The summed E-state index contributed by atoms with van der Waals surface area (Å²) in [7, 11) is -3.04. The molecule has 0 aromatic carbocycles. The lowest BCUT2D eigenvalue weighted by atomic mass is 10.1. The van der Waals surface area contributed by atoms with E-state index in [1.54, 1.807) is 4.31 Å². The zero-order valence-electron chi connectivity index (χ0n) is 10.8. The molecule has 1 rings (SSSR count). The maximum absolute atomic E-state index is 11.6. The second-order valence-electron chi connectivity index (χ2n) is 4.69. The van der Waals surface area contributed by atoms with Gasteiger partial charge < -0.3 is 0 Å². The Hall–Kier alpha value is -0.130. The normalized spacial score (nSPS) is 26.9. The van der Waals surface area contributed by atoms with Crippen molar-refractivity contribution in [3.8, 4) is 0 Å². The van der Waals surface area contributed by atoms with E-state index >= 15 is 0 Å². The fourth-order valence-corrected chi connectivity index (χ4v) is 3.46. The van der Waals surface area contributed by atoms with Gasteiger partial charge >= 0.3 is 0 Å². The van der Waals surface area contributed by atoms with Crippen LogP contribution in [0.25, 0.3) is 0 Å². The zero-order chi connectivity index (χ0) is 12.3. The lowest BCUT2D eigenvalue weighted by Crippen LogP contribution is -2.56. The highest BCUT2D eigenvalue weighted by Crippen LogP contribution is 2.18. The first-order valence-electron chi connectivity index (χ1n) is 6.11. The smallest absolute Gasteiger partial charge is 0.211 e. The molecule has 0 aromatic heterocycles. The second-order valence-corrected chi connectivity index (χ2v) is 6.62. The van der Waals surface area contributed by atoms with Gasteiger partial charge in [0.2, 0.25) is 10.0 Å². The van der Waals surface area contributed by atoms with Crippen molar-refractivity contribution in [2.45, 2.75) is 45.7 Å². The largest absolute Gasteiger partial charge is 0.298 e. The van der Waals surface area contributed by atoms with E-state index in [0.717, 1.165) is 25.9 Å². The Morgan fingerprint density at radius 2 is 1.94 bits per heavy atom. The summed E-state index contributed by atoms with van der Waals surface area (Å²) in [6.07, 6.45) is 3.32. The molecule has 1 heterocycles. The molecule has 0 amide bonds. The van der Waals surface area contributed by atoms with Crippen molar-refractivity contribution in [2.75, 3.05) is 25.9 Å². The Kier molecular flexibility index (Phi) is 4.76. The average molecular weight is 248 g/mol. The minimum Gasteiger partial charge on any atom is -0.298 e. The van der Waals surface area contributed by atoms with Crippen molar-refractivity contribution in [3.63, 3.8) is 0 Å². The highest BCUT2D eigenvalue weighted by atomic mass is 32.2. The lowest BCUT2D eigenvalue weighted by molar-refractivity contribution is 0.0985. The van der Waals surface area contributed by atoms with Gasteiger partial charge in [-0.3, -0.25) is 4.90 Å². The first-order chi connectivity index (χ1) is 7.40. The van der Waals surface area contributed by atoms with Gasteiger partial charge in [0.25, 0.3) is 0 Å². The van der Waals surface area contributed by atoms with Crippen molar-refractivity contribution < 1.29 is 8.42 Å². The molecule has 0 saturated carbocycles. The monoisotopic (exact) mass is 248 g/mol. The standard InChI is InChI=1S/C11H24N2O2S/c1-5-10(3)12-7-8-13(16(4,14)15)11(6-2)9-12/h10-11H,5-9H2,1-4H3/t10?,11-/m1/s1. The van der Waals surface area contributed by atoms with Crippen LogP contribution >= 0.6 is 0 Å². The predicted octanol–water partition coefficient (Wildman–Crippen LogP) is 1.14. The molecule has 16 heavy (non-hydrogen) atoms. The third kappa shape index (κ3) is 3.18. The van der Waals surface area contributed by atoms with Crippen LogP contribution < -0.4 is 0 Å². The van der Waals surface area contributed by atoms with Crippen LogP contribution in [0.15, 0.2) is 0 Å². The number of hydrogen-bond donors (Lipinski definition) is 0. The van der Waals surface area contributed by atoms with Gasteiger partial charge in [-0.1, -0.05) is 13.8 Å². The molecule has 0 aliphatic carbocycles. The highest BCUT2D eigenvalue weighted by molar-refractivity contribution is 7.88. The van der Waals surface area contributed by atoms with Gasteiger partial charge in [-0.2, -0.15) is 4.31 Å². The molecule has 4 nitrogen and oxygen atoms in total. The first kappa shape index (κ1) is 13.9. The molecule has 0 aromatic rings. The van der Waals surface area contributed by atoms with Crippen LogP contribution in [-0.4, -0.2) is 55.6 Å². The van der Waals surface area contributed by atoms with Gasteiger partial charge in [0, 0.05) is 31.7 Å². The molecule has 1 saturated heterocycles. The van der Waals surface area contributed by atoms with Gasteiger partial charge in [-0.15, -0.1) is 0 Å². The number of nitrogens with zero attached hydrogens (tertiary/aromatic N) is 2. The molecule has 1 aliphatic heterocycles. The molecule has 2 atom stereocenters. The third-order valence-electron chi connectivity index (χ3n) is 3.57. The Bertz CT molecular complexity index is 316. The molecular formula is C11H24N2O2S. The maximum atomic E-state index is 11.6. The molecule has 0 radical (unpaired) electrons. The van der Waals surface area contributed by atoms with E-state index < -0.39 is 10.0 Å². The second kappa shape index (κ2) is 5.47. The van der Waals surface area contributed by atoms with Gasteiger partial charge in [-0.25, -0.2) is 8.42 Å². The summed E-state index contributed by atoms with van der Waals surface area (Å²) in [6.45, 7) is 8.82. The number of piperazine rings is 1. The topological polar surface area (TPSA) is 40.6 Å². The molecule has 5 heteroatoms. The minimum absolute atomic E-state index is 0.151. The average Bonchev–Trinajstić information content (AvgIpc) is 2.25. The summed E-state index contributed by atoms with van der Waals surface area (Å²) in [5.74, 6) is 0. The fraction of sp³-hybridized carbons (Fsp3) is 1.00. The van der Waals surface area contributed by atoms with Crippen LogP contribution in [0.4, 0.5) is 0 Å². The summed E-state index contributed by atoms with van der Waals surface area (Å²) < 4.78 is 24.9. The van der Waals surface area contributed by atoms with Crippen molar-refractivity contribution in [1.29, 1.82) is 0 Å². The van der Waals surface area contributed by atoms with Crippen molar-refractivity contribution in [2.24, 2.45) is 0 Å². The van der Waals surface area contributed by atoms with Crippen LogP contribution in [-0.2, 0) is 10.0 Å².